The first kappa shape index (κ1) is 15.0. The number of hydrogen-bond donors (Lipinski definition) is 1. The van der Waals surface area contributed by atoms with Gasteiger partial charge >= 0.3 is 0 Å². The summed E-state index contributed by atoms with van der Waals surface area (Å²) >= 11 is 0. The van der Waals surface area contributed by atoms with Gasteiger partial charge in [-0.25, -0.2) is 16.8 Å². The van der Waals surface area contributed by atoms with Crippen molar-refractivity contribution in [3.63, 3.8) is 0 Å². The summed E-state index contributed by atoms with van der Waals surface area (Å²) < 4.78 is 44.5. The molecule has 1 aromatic rings. The molecule has 0 radical (unpaired) electrons. The molecule has 1 heterocycles. The van der Waals surface area contributed by atoms with Gasteiger partial charge in [0.1, 0.15) is 0 Å². The predicted octanol–water partition coefficient (Wildman–Crippen LogP) is 0.655. The Morgan fingerprint density at radius 1 is 1.25 bits per heavy atom. The molecule has 0 aliphatic carbocycles. The number of carbonyl (C=O) groups is 1. The number of nitrogens with one attached hydrogen (secondary N) is 1. The van der Waals surface area contributed by atoms with Crippen LogP contribution in [0, 0.1) is 0 Å². The average Bonchev–Trinajstić information content (AvgIpc) is 2.67. The molecule has 1 unspecified atom stereocenters. The van der Waals surface area contributed by atoms with Gasteiger partial charge in [-0.2, -0.15) is 0 Å². The van der Waals surface area contributed by atoms with Crippen LogP contribution in [0.15, 0.2) is 40.6 Å². The number of halogens is 1. The van der Waals surface area contributed by atoms with E-state index < -0.39 is 30.8 Å². The van der Waals surface area contributed by atoms with Crippen molar-refractivity contribution in [3.8, 4) is 0 Å². The van der Waals surface area contributed by atoms with Crippen molar-refractivity contribution in [3.05, 3.63) is 41.3 Å². The number of carbonyl (C=O) groups excluding carboxylic acids is 1. The smallest absolute Gasteiger partial charge is 0.261 e. The first-order valence-electron chi connectivity index (χ1n) is 5.44. The normalized spacial score (nSPS) is 20.8. The van der Waals surface area contributed by atoms with Crippen LogP contribution in [0.5, 0.6) is 0 Å². The van der Waals surface area contributed by atoms with Gasteiger partial charge < -0.3 is 5.32 Å². The van der Waals surface area contributed by atoms with E-state index in [0.717, 1.165) is 5.41 Å². The Morgan fingerprint density at radius 3 is 2.30 bits per heavy atom. The van der Waals surface area contributed by atoms with Crippen molar-refractivity contribution in [2.75, 3.05) is 5.75 Å². The lowest BCUT2D eigenvalue weighted by molar-refractivity contribution is 0.0947. The van der Waals surface area contributed by atoms with Gasteiger partial charge in [0, 0.05) is 21.7 Å². The SMILES string of the molecule is O=C(NC1C=CS(=O)(=O)C1)c1ccc(S(=O)(=O)Cl)cc1. The van der Waals surface area contributed by atoms with Gasteiger partial charge in [-0.05, 0) is 30.3 Å². The number of rotatable bonds is 3. The highest BCUT2D eigenvalue weighted by atomic mass is 35.7. The van der Waals surface area contributed by atoms with Crippen LogP contribution in [0.1, 0.15) is 10.4 Å². The van der Waals surface area contributed by atoms with Gasteiger partial charge in [0.15, 0.2) is 9.84 Å². The highest BCUT2D eigenvalue weighted by Gasteiger charge is 2.23. The van der Waals surface area contributed by atoms with E-state index in [-0.39, 0.29) is 16.2 Å². The van der Waals surface area contributed by atoms with Crippen LogP contribution in [0.2, 0.25) is 0 Å². The second kappa shape index (κ2) is 5.19. The van der Waals surface area contributed by atoms with Gasteiger partial charge in [-0.1, -0.05) is 0 Å². The molecule has 0 saturated carbocycles. The molecule has 0 aromatic heterocycles. The lowest BCUT2D eigenvalue weighted by Gasteiger charge is -2.10. The summed E-state index contributed by atoms with van der Waals surface area (Å²) in [6, 6.07) is 4.44. The summed E-state index contributed by atoms with van der Waals surface area (Å²) in [5.41, 5.74) is 0.215. The second-order valence-corrected chi connectivity index (χ2v) is 8.70. The van der Waals surface area contributed by atoms with Gasteiger partial charge in [0.25, 0.3) is 15.0 Å². The maximum absolute atomic E-state index is 11.9. The molecule has 108 valence electrons. The van der Waals surface area contributed by atoms with E-state index in [0.29, 0.717) is 0 Å². The first-order valence-corrected chi connectivity index (χ1v) is 9.46. The lowest BCUT2D eigenvalue weighted by atomic mass is 10.2. The van der Waals surface area contributed by atoms with Crippen LogP contribution in [0.3, 0.4) is 0 Å². The molecule has 1 aliphatic heterocycles. The van der Waals surface area contributed by atoms with Crippen LogP contribution < -0.4 is 5.32 Å². The highest BCUT2D eigenvalue weighted by molar-refractivity contribution is 8.13. The Morgan fingerprint density at radius 2 is 1.85 bits per heavy atom. The predicted molar refractivity (Wildman–Crippen MR) is 73.7 cm³/mol. The summed E-state index contributed by atoms with van der Waals surface area (Å²) in [5.74, 6) is -0.664. The third kappa shape index (κ3) is 3.59. The molecular weight excluding hydrogens is 326 g/mol. The molecule has 6 nitrogen and oxygen atoms in total. The van der Waals surface area contributed by atoms with Crippen molar-refractivity contribution in [1.82, 2.24) is 5.32 Å². The summed E-state index contributed by atoms with van der Waals surface area (Å²) in [5, 5.41) is 3.58. The largest absolute Gasteiger partial charge is 0.345 e. The van der Waals surface area contributed by atoms with E-state index in [1.807, 2.05) is 0 Å². The minimum absolute atomic E-state index is 0.112. The zero-order valence-corrected chi connectivity index (χ0v) is 12.4. The van der Waals surface area contributed by atoms with Crippen LogP contribution in [0.4, 0.5) is 0 Å². The molecule has 1 aliphatic rings. The molecule has 0 bridgehead atoms. The minimum Gasteiger partial charge on any atom is -0.345 e. The van der Waals surface area contributed by atoms with E-state index in [1.54, 1.807) is 0 Å². The summed E-state index contributed by atoms with van der Waals surface area (Å²) in [6.45, 7) is 0. The number of hydrogen-bond acceptors (Lipinski definition) is 5. The van der Waals surface area contributed by atoms with E-state index in [2.05, 4.69) is 5.32 Å². The van der Waals surface area contributed by atoms with Gasteiger partial charge in [-0.3, -0.25) is 4.79 Å². The fourth-order valence-electron chi connectivity index (χ4n) is 1.69. The molecule has 20 heavy (non-hydrogen) atoms. The molecule has 9 heteroatoms. The van der Waals surface area contributed by atoms with Crippen molar-refractivity contribution in [2.45, 2.75) is 10.9 Å². The maximum Gasteiger partial charge on any atom is 0.261 e. The zero-order chi connectivity index (χ0) is 15.0. The molecule has 0 spiro atoms. The van der Waals surface area contributed by atoms with Gasteiger partial charge in [-0.15, -0.1) is 0 Å². The van der Waals surface area contributed by atoms with Crippen LogP contribution in [-0.2, 0) is 18.9 Å². The van der Waals surface area contributed by atoms with Crippen LogP contribution >= 0.6 is 10.7 Å². The van der Waals surface area contributed by atoms with E-state index >= 15 is 0 Å². The van der Waals surface area contributed by atoms with Gasteiger partial charge in [0.05, 0.1) is 16.7 Å². The van der Waals surface area contributed by atoms with E-state index in [9.17, 15) is 21.6 Å². The standard InChI is InChI=1S/C11H10ClNO5S2/c12-20(17,18)10-3-1-8(2-4-10)11(14)13-9-5-6-19(15,16)7-9/h1-6,9H,7H2,(H,13,14). The fourth-order valence-corrected chi connectivity index (χ4v) is 3.69. The average molecular weight is 336 g/mol. The molecular formula is C11H10ClNO5S2. The summed E-state index contributed by atoms with van der Waals surface area (Å²) in [4.78, 5) is 11.7. The van der Waals surface area contributed by atoms with Crippen LogP contribution in [-0.4, -0.2) is 34.5 Å². The van der Waals surface area contributed by atoms with Gasteiger partial charge in [0.2, 0.25) is 0 Å². The van der Waals surface area contributed by atoms with Crippen LogP contribution in [0.25, 0.3) is 0 Å². The molecule has 1 atom stereocenters. The zero-order valence-electron chi connectivity index (χ0n) is 9.98. The maximum atomic E-state index is 11.9. The topological polar surface area (TPSA) is 97.4 Å². The van der Waals surface area contributed by atoms with Crippen molar-refractivity contribution >= 4 is 35.5 Å². The molecule has 2 rings (SSSR count). The van der Waals surface area contributed by atoms with Crippen molar-refractivity contribution < 1.29 is 21.6 Å². The summed E-state index contributed by atoms with van der Waals surface area (Å²) in [6.07, 6.45) is 1.39. The summed E-state index contributed by atoms with van der Waals surface area (Å²) in [7, 11) is -1.92. The first-order chi connectivity index (χ1) is 9.17. The Hall–Kier alpha value is -1.38. The Labute approximate surface area is 120 Å². The fraction of sp³-hybridized carbons (Fsp3) is 0.182. The monoisotopic (exact) mass is 335 g/mol. The lowest BCUT2D eigenvalue weighted by Crippen LogP contribution is -2.35. The molecule has 1 amide bonds. The third-order valence-corrected chi connectivity index (χ3v) is 5.41. The van der Waals surface area contributed by atoms with E-state index in [1.165, 1.54) is 30.3 Å². The minimum atomic E-state index is -3.83. The third-order valence-electron chi connectivity index (χ3n) is 2.64. The Balaban J connectivity index is 2.09. The molecule has 0 fully saturated rings. The molecule has 1 N–H and O–H groups in total. The second-order valence-electron chi connectivity index (χ2n) is 4.20. The number of benzene rings is 1. The molecule has 0 saturated heterocycles. The van der Waals surface area contributed by atoms with E-state index in [4.69, 9.17) is 10.7 Å². The Kier molecular flexibility index (Phi) is 3.90. The quantitative estimate of drug-likeness (QED) is 0.818. The van der Waals surface area contributed by atoms with Crippen molar-refractivity contribution in [2.24, 2.45) is 0 Å². The molecule has 1 aromatic carbocycles. The number of amides is 1. The highest BCUT2D eigenvalue weighted by Crippen LogP contribution is 2.15. The van der Waals surface area contributed by atoms with Crippen molar-refractivity contribution in [1.29, 1.82) is 0 Å². The Bertz CT molecular complexity index is 766. The number of sulfone groups is 1.